The van der Waals surface area contributed by atoms with Gasteiger partial charge in [-0.3, -0.25) is 4.79 Å². The Bertz CT molecular complexity index is 983. The molecule has 1 aromatic carbocycles. The predicted octanol–water partition coefficient (Wildman–Crippen LogP) is 2.45. The van der Waals surface area contributed by atoms with Crippen molar-refractivity contribution in [2.45, 2.75) is 44.6 Å². The van der Waals surface area contributed by atoms with Gasteiger partial charge in [0.1, 0.15) is 18.5 Å². The standard InChI is InChI=1S/C20H18O6/c1-8-5-10-16(22)14-13(21)6-12-11-7-25-19(24)9(11)3-4-20(12,2)15(14)17(23)18(10)26-8/h6,8,22-23H,3-5,7H2,1-2H3/t8-,20-/m0/s1. The summed E-state index contributed by atoms with van der Waals surface area (Å²) in [5.41, 5.74) is 2.38. The topological polar surface area (TPSA) is 93.1 Å². The van der Waals surface area contributed by atoms with Gasteiger partial charge in [-0.2, -0.15) is 0 Å². The minimum Gasteiger partial charge on any atom is -0.507 e. The average Bonchev–Trinajstić information content (AvgIpc) is 3.16. The van der Waals surface area contributed by atoms with Gasteiger partial charge in [0.15, 0.2) is 17.3 Å². The number of carbonyl (C=O) groups excluding carboxylic acids is 2. The molecule has 2 atom stereocenters. The van der Waals surface area contributed by atoms with Gasteiger partial charge in [0.25, 0.3) is 0 Å². The summed E-state index contributed by atoms with van der Waals surface area (Å²) in [7, 11) is 0. The SMILES string of the molecule is C[C@H]1Cc2c(O)c3c(c(O)c2O1)[C@@]1(C)CCC2=C(COC2=O)C1=CC3=O. The lowest BCUT2D eigenvalue weighted by Crippen LogP contribution is -2.35. The molecule has 2 heterocycles. The number of rotatable bonds is 0. The fraction of sp³-hybridized carbons (Fsp3) is 0.400. The molecule has 2 N–H and O–H groups in total. The van der Waals surface area contributed by atoms with Crippen LogP contribution in [0.5, 0.6) is 17.2 Å². The van der Waals surface area contributed by atoms with Crippen molar-refractivity contribution in [3.63, 3.8) is 0 Å². The first-order valence-corrected chi connectivity index (χ1v) is 8.77. The zero-order chi connectivity index (χ0) is 18.4. The van der Waals surface area contributed by atoms with Crippen molar-refractivity contribution >= 4 is 11.8 Å². The third kappa shape index (κ3) is 1.67. The van der Waals surface area contributed by atoms with Crippen molar-refractivity contribution in [1.29, 1.82) is 0 Å². The van der Waals surface area contributed by atoms with Gasteiger partial charge in [0.05, 0.1) is 5.56 Å². The lowest BCUT2D eigenvalue weighted by Gasteiger charge is -2.41. The number of phenolic OH excluding ortho intramolecular Hbond substituents is 2. The van der Waals surface area contributed by atoms with Crippen LogP contribution in [0.15, 0.2) is 22.8 Å². The Morgan fingerprint density at radius 1 is 1.19 bits per heavy atom. The number of hydrogen-bond acceptors (Lipinski definition) is 6. The monoisotopic (exact) mass is 354 g/mol. The van der Waals surface area contributed by atoms with Crippen LogP contribution in [0.25, 0.3) is 0 Å². The van der Waals surface area contributed by atoms with E-state index in [2.05, 4.69) is 0 Å². The zero-order valence-electron chi connectivity index (χ0n) is 14.5. The molecule has 0 spiro atoms. The molecular formula is C20H18O6. The minimum absolute atomic E-state index is 0.0760. The molecule has 0 fully saturated rings. The third-order valence-corrected chi connectivity index (χ3v) is 6.14. The summed E-state index contributed by atoms with van der Waals surface area (Å²) in [6, 6.07) is 0. The maximum absolute atomic E-state index is 12.9. The number of phenols is 2. The fourth-order valence-electron chi connectivity index (χ4n) is 4.86. The molecule has 0 saturated heterocycles. The molecule has 5 rings (SSSR count). The number of cyclic esters (lactones) is 1. The number of aromatic hydroxyl groups is 2. The van der Waals surface area contributed by atoms with Crippen LogP contribution in [0.3, 0.4) is 0 Å². The van der Waals surface area contributed by atoms with E-state index < -0.39 is 5.41 Å². The maximum Gasteiger partial charge on any atom is 0.334 e. The number of ketones is 1. The van der Waals surface area contributed by atoms with Gasteiger partial charge < -0.3 is 19.7 Å². The molecule has 6 nitrogen and oxygen atoms in total. The van der Waals surface area contributed by atoms with Gasteiger partial charge in [-0.15, -0.1) is 0 Å². The van der Waals surface area contributed by atoms with Crippen LogP contribution in [0, 0.1) is 0 Å². The van der Waals surface area contributed by atoms with E-state index in [0.29, 0.717) is 41.5 Å². The molecule has 134 valence electrons. The van der Waals surface area contributed by atoms with Crippen LogP contribution in [-0.2, 0) is 21.4 Å². The first-order chi connectivity index (χ1) is 12.3. The molecule has 0 aromatic heterocycles. The molecule has 0 unspecified atom stereocenters. The highest BCUT2D eigenvalue weighted by atomic mass is 16.5. The van der Waals surface area contributed by atoms with Crippen molar-refractivity contribution in [1.82, 2.24) is 0 Å². The van der Waals surface area contributed by atoms with Crippen LogP contribution in [0.2, 0.25) is 0 Å². The van der Waals surface area contributed by atoms with E-state index in [1.807, 2.05) is 13.8 Å². The normalized spacial score (nSPS) is 28.7. The van der Waals surface area contributed by atoms with Gasteiger partial charge in [-0.1, -0.05) is 6.92 Å². The Kier molecular flexibility index (Phi) is 2.80. The minimum atomic E-state index is -0.693. The van der Waals surface area contributed by atoms with E-state index in [0.717, 1.165) is 5.57 Å². The average molecular weight is 354 g/mol. The fourth-order valence-corrected chi connectivity index (χ4v) is 4.86. The second-order valence-corrected chi connectivity index (χ2v) is 7.68. The Morgan fingerprint density at radius 3 is 2.73 bits per heavy atom. The van der Waals surface area contributed by atoms with E-state index in [1.54, 1.807) is 0 Å². The molecular weight excluding hydrogens is 336 g/mol. The highest BCUT2D eigenvalue weighted by Crippen LogP contribution is 2.58. The Labute approximate surface area is 149 Å². The maximum atomic E-state index is 12.9. The molecule has 26 heavy (non-hydrogen) atoms. The molecule has 1 aromatic rings. The Balaban J connectivity index is 1.80. The number of fused-ring (bicyclic) bond motifs is 5. The summed E-state index contributed by atoms with van der Waals surface area (Å²) in [5.74, 6) is -0.609. The molecule has 6 heteroatoms. The number of ether oxygens (including phenoxy) is 2. The van der Waals surface area contributed by atoms with Crippen LogP contribution >= 0.6 is 0 Å². The third-order valence-electron chi connectivity index (χ3n) is 6.14. The van der Waals surface area contributed by atoms with Crippen LogP contribution in [0.1, 0.15) is 48.2 Å². The number of hydrogen-bond donors (Lipinski definition) is 2. The number of carbonyl (C=O) groups is 2. The van der Waals surface area contributed by atoms with Gasteiger partial charge >= 0.3 is 5.97 Å². The predicted molar refractivity (Wildman–Crippen MR) is 90.6 cm³/mol. The summed E-state index contributed by atoms with van der Waals surface area (Å²) in [6.45, 7) is 3.92. The van der Waals surface area contributed by atoms with Gasteiger partial charge in [-0.05, 0) is 31.4 Å². The van der Waals surface area contributed by atoms with E-state index in [4.69, 9.17) is 9.47 Å². The second kappa shape index (κ2) is 4.69. The van der Waals surface area contributed by atoms with Crippen molar-refractivity contribution in [3.05, 3.63) is 39.5 Å². The van der Waals surface area contributed by atoms with E-state index in [9.17, 15) is 19.8 Å². The van der Waals surface area contributed by atoms with Crippen LogP contribution in [-0.4, -0.2) is 34.7 Å². The van der Waals surface area contributed by atoms with Crippen molar-refractivity contribution in [3.8, 4) is 17.2 Å². The van der Waals surface area contributed by atoms with Gasteiger partial charge in [-0.25, -0.2) is 4.79 Å². The van der Waals surface area contributed by atoms with Crippen LogP contribution < -0.4 is 4.74 Å². The largest absolute Gasteiger partial charge is 0.507 e. The zero-order valence-corrected chi connectivity index (χ0v) is 14.5. The van der Waals surface area contributed by atoms with E-state index in [-0.39, 0.29) is 47.3 Å². The van der Waals surface area contributed by atoms with Crippen molar-refractivity contribution in [2.75, 3.05) is 6.61 Å². The molecule has 0 bridgehead atoms. The summed E-state index contributed by atoms with van der Waals surface area (Å²) in [5, 5.41) is 21.8. The lowest BCUT2D eigenvalue weighted by atomic mass is 9.61. The smallest absolute Gasteiger partial charge is 0.334 e. The summed E-state index contributed by atoms with van der Waals surface area (Å²) in [4.78, 5) is 24.8. The number of benzene rings is 1. The van der Waals surface area contributed by atoms with Gasteiger partial charge in [0, 0.05) is 34.1 Å². The van der Waals surface area contributed by atoms with E-state index in [1.165, 1.54) is 6.08 Å². The number of esters is 1. The lowest BCUT2D eigenvalue weighted by molar-refractivity contribution is -0.136. The highest BCUT2D eigenvalue weighted by molar-refractivity contribution is 6.12. The molecule has 2 aliphatic heterocycles. The first kappa shape index (κ1) is 15.5. The van der Waals surface area contributed by atoms with Gasteiger partial charge in [0.2, 0.25) is 0 Å². The first-order valence-electron chi connectivity index (χ1n) is 8.77. The summed E-state index contributed by atoms with van der Waals surface area (Å²) >= 11 is 0. The molecule has 0 amide bonds. The molecule has 0 radical (unpaired) electrons. The van der Waals surface area contributed by atoms with Crippen LogP contribution in [0.4, 0.5) is 0 Å². The molecule has 4 aliphatic rings. The highest BCUT2D eigenvalue weighted by Gasteiger charge is 2.50. The van der Waals surface area contributed by atoms with Crippen molar-refractivity contribution in [2.24, 2.45) is 0 Å². The van der Waals surface area contributed by atoms with E-state index >= 15 is 0 Å². The number of allylic oxidation sites excluding steroid dienone is 1. The second-order valence-electron chi connectivity index (χ2n) is 7.68. The summed E-state index contributed by atoms with van der Waals surface area (Å²) < 4.78 is 10.9. The molecule has 0 saturated carbocycles. The summed E-state index contributed by atoms with van der Waals surface area (Å²) in [6.07, 6.45) is 2.80. The quantitative estimate of drug-likeness (QED) is 0.549. The Hall–Kier alpha value is -2.76. The Morgan fingerprint density at radius 2 is 1.96 bits per heavy atom. The van der Waals surface area contributed by atoms with Crippen molar-refractivity contribution < 1.29 is 29.3 Å². The molecule has 2 aliphatic carbocycles.